The molecule has 0 fully saturated rings. The SMILES string of the molecule is C=C(CC)CC(Cc1cc(C)cc(C)c1)NCC. The third kappa shape index (κ3) is 5.05. The average Bonchev–Trinajstić information content (AvgIpc) is 2.27. The standard InChI is InChI=1S/C17H27N/c1-6-13(3)11-17(18-7-2)12-16-9-14(4)8-15(5)10-16/h8-10,17-18H,3,6-7,11-12H2,1-2,4-5H3. The molecule has 18 heavy (non-hydrogen) atoms. The van der Waals surface area contributed by atoms with Crippen molar-refractivity contribution < 1.29 is 0 Å². The lowest BCUT2D eigenvalue weighted by Gasteiger charge is -2.19. The molecule has 1 unspecified atom stereocenters. The highest BCUT2D eigenvalue weighted by Gasteiger charge is 2.10. The van der Waals surface area contributed by atoms with Crippen LogP contribution in [0.3, 0.4) is 0 Å². The minimum Gasteiger partial charge on any atom is -0.314 e. The molecule has 0 heterocycles. The van der Waals surface area contributed by atoms with Crippen LogP contribution in [0.2, 0.25) is 0 Å². The first-order valence-electron chi connectivity index (χ1n) is 7.02. The second-order valence-electron chi connectivity index (χ2n) is 5.26. The number of hydrogen-bond acceptors (Lipinski definition) is 1. The third-order valence-electron chi connectivity index (χ3n) is 3.29. The highest BCUT2D eigenvalue weighted by atomic mass is 14.9. The molecule has 0 aliphatic rings. The second kappa shape index (κ2) is 7.38. The van der Waals surface area contributed by atoms with Crippen molar-refractivity contribution >= 4 is 0 Å². The van der Waals surface area contributed by atoms with E-state index in [9.17, 15) is 0 Å². The number of aryl methyl sites for hydroxylation is 2. The molecule has 0 spiro atoms. The Kier molecular flexibility index (Phi) is 6.14. The Hall–Kier alpha value is -1.08. The van der Waals surface area contributed by atoms with Gasteiger partial charge in [-0.3, -0.25) is 0 Å². The maximum Gasteiger partial charge on any atom is 0.0144 e. The van der Waals surface area contributed by atoms with Crippen LogP contribution in [-0.2, 0) is 6.42 Å². The zero-order valence-corrected chi connectivity index (χ0v) is 12.3. The molecule has 0 bridgehead atoms. The molecule has 1 N–H and O–H groups in total. The van der Waals surface area contributed by atoms with Crippen LogP contribution >= 0.6 is 0 Å². The molecule has 0 saturated heterocycles. The quantitative estimate of drug-likeness (QED) is 0.711. The van der Waals surface area contributed by atoms with Crippen molar-refractivity contribution in [1.82, 2.24) is 5.32 Å². The first kappa shape index (κ1) is 15.0. The topological polar surface area (TPSA) is 12.0 Å². The predicted molar refractivity (Wildman–Crippen MR) is 81.1 cm³/mol. The van der Waals surface area contributed by atoms with Gasteiger partial charge in [-0.1, -0.05) is 55.3 Å². The Morgan fingerprint density at radius 3 is 2.28 bits per heavy atom. The van der Waals surface area contributed by atoms with E-state index in [0.29, 0.717) is 6.04 Å². The summed E-state index contributed by atoms with van der Waals surface area (Å²) in [5, 5.41) is 3.57. The maximum atomic E-state index is 4.13. The van der Waals surface area contributed by atoms with Crippen LogP contribution in [0, 0.1) is 13.8 Å². The molecule has 1 rings (SSSR count). The smallest absolute Gasteiger partial charge is 0.0144 e. The highest BCUT2D eigenvalue weighted by Crippen LogP contribution is 2.15. The molecule has 0 aliphatic carbocycles. The van der Waals surface area contributed by atoms with E-state index in [1.165, 1.54) is 22.3 Å². The Balaban J connectivity index is 2.72. The predicted octanol–water partition coefficient (Wildman–Crippen LogP) is 4.18. The summed E-state index contributed by atoms with van der Waals surface area (Å²) in [5.41, 5.74) is 5.48. The van der Waals surface area contributed by atoms with Crippen molar-refractivity contribution in [3.05, 3.63) is 47.0 Å². The van der Waals surface area contributed by atoms with Crippen LogP contribution in [0.15, 0.2) is 30.4 Å². The monoisotopic (exact) mass is 245 g/mol. The van der Waals surface area contributed by atoms with E-state index >= 15 is 0 Å². The lowest BCUT2D eigenvalue weighted by molar-refractivity contribution is 0.515. The van der Waals surface area contributed by atoms with Gasteiger partial charge in [0.25, 0.3) is 0 Å². The third-order valence-corrected chi connectivity index (χ3v) is 3.29. The summed E-state index contributed by atoms with van der Waals surface area (Å²) in [6.07, 6.45) is 3.25. The molecule has 100 valence electrons. The lowest BCUT2D eigenvalue weighted by Crippen LogP contribution is -2.31. The first-order chi connectivity index (χ1) is 8.55. The van der Waals surface area contributed by atoms with E-state index in [1.54, 1.807) is 0 Å². The van der Waals surface area contributed by atoms with Crippen LogP contribution < -0.4 is 5.32 Å². The molecule has 1 aromatic rings. The molecule has 0 radical (unpaired) electrons. The average molecular weight is 245 g/mol. The van der Waals surface area contributed by atoms with Crippen molar-refractivity contribution in [2.45, 2.75) is 53.0 Å². The van der Waals surface area contributed by atoms with Gasteiger partial charge in [0.1, 0.15) is 0 Å². The summed E-state index contributed by atoms with van der Waals surface area (Å²) >= 11 is 0. The van der Waals surface area contributed by atoms with Crippen molar-refractivity contribution in [3.8, 4) is 0 Å². The largest absolute Gasteiger partial charge is 0.314 e. The summed E-state index contributed by atoms with van der Waals surface area (Å²) in [7, 11) is 0. The first-order valence-corrected chi connectivity index (χ1v) is 7.02. The summed E-state index contributed by atoms with van der Waals surface area (Å²) in [6.45, 7) is 13.8. The van der Waals surface area contributed by atoms with Gasteiger partial charge in [0, 0.05) is 6.04 Å². The Labute approximate surface area is 112 Å². The van der Waals surface area contributed by atoms with Crippen molar-refractivity contribution in [3.63, 3.8) is 0 Å². The minimum absolute atomic E-state index is 0.517. The Morgan fingerprint density at radius 2 is 1.78 bits per heavy atom. The molecule has 1 aromatic carbocycles. The number of rotatable bonds is 7. The van der Waals surface area contributed by atoms with Crippen molar-refractivity contribution in [1.29, 1.82) is 0 Å². The highest BCUT2D eigenvalue weighted by molar-refractivity contribution is 5.29. The maximum absolute atomic E-state index is 4.13. The molecule has 0 saturated carbocycles. The summed E-state index contributed by atoms with van der Waals surface area (Å²) < 4.78 is 0. The number of nitrogens with one attached hydrogen (secondary N) is 1. The molecule has 1 heteroatoms. The molecular weight excluding hydrogens is 218 g/mol. The fourth-order valence-electron chi connectivity index (χ4n) is 2.47. The number of hydrogen-bond donors (Lipinski definition) is 1. The van der Waals surface area contributed by atoms with Gasteiger partial charge in [0.2, 0.25) is 0 Å². The van der Waals surface area contributed by atoms with E-state index < -0.39 is 0 Å². The fourth-order valence-corrected chi connectivity index (χ4v) is 2.47. The Morgan fingerprint density at radius 1 is 1.17 bits per heavy atom. The van der Waals surface area contributed by atoms with Crippen molar-refractivity contribution in [2.24, 2.45) is 0 Å². The van der Waals surface area contributed by atoms with Gasteiger partial charge >= 0.3 is 0 Å². The van der Waals surface area contributed by atoms with Crippen molar-refractivity contribution in [2.75, 3.05) is 6.54 Å². The fraction of sp³-hybridized carbons (Fsp3) is 0.529. The van der Waals surface area contributed by atoms with Gasteiger partial charge in [-0.05, 0) is 45.2 Å². The van der Waals surface area contributed by atoms with Crippen LogP contribution in [-0.4, -0.2) is 12.6 Å². The molecule has 0 aromatic heterocycles. The van der Waals surface area contributed by atoms with Gasteiger partial charge in [0.15, 0.2) is 0 Å². The van der Waals surface area contributed by atoms with E-state index in [0.717, 1.165) is 25.8 Å². The molecular formula is C17H27N. The molecule has 1 nitrogen and oxygen atoms in total. The van der Waals surface area contributed by atoms with E-state index in [-0.39, 0.29) is 0 Å². The van der Waals surface area contributed by atoms with Crippen LogP contribution in [0.25, 0.3) is 0 Å². The number of likely N-dealkylation sites (N-methyl/N-ethyl adjacent to an activating group) is 1. The summed E-state index contributed by atoms with van der Waals surface area (Å²) in [6, 6.07) is 7.35. The van der Waals surface area contributed by atoms with Crippen LogP contribution in [0.1, 0.15) is 43.4 Å². The van der Waals surface area contributed by atoms with Crippen LogP contribution in [0.4, 0.5) is 0 Å². The normalized spacial score (nSPS) is 12.4. The van der Waals surface area contributed by atoms with Gasteiger partial charge in [0.05, 0.1) is 0 Å². The van der Waals surface area contributed by atoms with Gasteiger partial charge in [-0.25, -0.2) is 0 Å². The molecule has 0 amide bonds. The zero-order valence-electron chi connectivity index (χ0n) is 12.3. The lowest BCUT2D eigenvalue weighted by atomic mass is 9.96. The molecule has 1 atom stereocenters. The number of benzene rings is 1. The Bertz CT molecular complexity index is 372. The van der Waals surface area contributed by atoms with Gasteiger partial charge in [-0.2, -0.15) is 0 Å². The summed E-state index contributed by atoms with van der Waals surface area (Å²) in [4.78, 5) is 0. The van der Waals surface area contributed by atoms with E-state index in [4.69, 9.17) is 0 Å². The summed E-state index contributed by atoms with van der Waals surface area (Å²) in [5.74, 6) is 0. The van der Waals surface area contributed by atoms with Crippen LogP contribution in [0.5, 0.6) is 0 Å². The minimum atomic E-state index is 0.517. The van der Waals surface area contributed by atoms with E-state index in [1.807, 2.05) is 0 Å². The molecule has 0 aliphatic heterocycles. The second-order valence-corrected chi connectivity index (χ2v) is 5.26. The zero-order chi connectivity index (χ0) is 13.5. The van der Waals surface area contributed by atoms with Gasteiger partial charge in [-0.15, -0.1) is 0 Å². The van der Waals surface area contributed by atoms with Gasteiger partial charge < -0.3 is 5.32 Å². The van der Waals surface area contributed by atoms with E-state index in [2.05, 4.69) is 57.8 Å².